The van der Waals surface area contributed by atoms with E-state index < -0.39 is 6.10 Å². The van der Waals surface area contributed by atoms with Gasteiger partial charge < -0.3 is 14.2 Å². The van der Waals surface area contributed by atoms with Crippen LogP contribution in [0.1, 0.15) is 265 Å². The predicted octanol–water partition coefficient (Wildman–Crippen LogP) is 16.5. The summed E-state index contributed by atoms with van der Waals surface area (Å²) in [7, 11) is 0. The van der Waals surface area contributed by atoms with Gasteiger partial charge in [0.25, 0.3) is 0 Å². The van der Waals surface area contributed by atoms with E-state index in [0.717, 1.165) is 83.5 Å². The van der Waals surface area contributed by atoms with Gasteiger partial charge in [-0.15, -0.1) is 0 Å². The van der Waals surface area contributed by atoms with Crippen LogP contribution in [0.5, 0.6) is 0 Å². The van der Waals surface area contributed by atoms with Crippen LogP contribution in [0.3, 0.4) is 0 Å². The predicted molar refractivity (Wildman–Crippen MR) is 252 cm³/mol. The first-order valence-electron chi connectivity index (χ1n) is 25.5. The molecule has 0 aliphatic heterocycles. The van der Waals surface area contributed by atoms with Crippen molar-refractivity contribution in [2.45, 2.75) is 271 Å². The first-order valence-corrected chi connectivity index (χ1v) is 25.5. The summed E-state index contributed by atoms with van der Waals surface area (Å²) in [4.78, 5) is 37.9. The highest BCUT2D eigenvalue weighted by molar-refractivity contribution is 5.71. The Morgan fingerprint density at radius 2 is 0.559 bits per heavy atom. The molecule has 0 amide bonds. The van der Waals surface area contributed by atoms with E-state index >= 15 is 0 Å². The van der Waals surface area contributed by atoms with Crippen molar-refractivity contribution in [3.63, 3.8) is 0 Å². The number of ether oxygens (including phenoxy) is 3. The molecule has 0 aromatic carbocycles. The lowest BCUT2D eigenvalue weighted by molar-refractivity contribution is -0.167. The number of hydrogen-bond donors (Lipinski definition) is 0. The van der Waals surface area contributed by atoms with Crippen LogP contribution in [0, 0.1) is 0 Å². The van der Waals surface area contributed by atoms with Gasteiger partial charge in [0.2, 0.25) is 0 Å². The molecule has 1 atom stereocenters. The Kier molecular flexibility index (Phi) is 46.4. The van der Waals surface area contributed by atoms with Gasteiger partial charge >= 0.3 is 17.9 Å². The fourth-order valence-corrected chi connectivity index (χ4v) is 7.19. The van der Waals surface area contributed by atoms with Crippen molar-refractivity contribution in [2.75, 3.05) is 13.2 Å². The van der Waals surface area contributed by atoms with Gasteiger partial charge in [-0.2, -0.15) is 0 Å². The molecule has 0 aliphatic carbocycles. The number of unbranched alkanes of at least 4 members (excludes halogenated alkanes) is 29. The minimum Gasteiger partial charge on any atom is -0.462 e. The molecule has 6 nitrogen and oxygen atoms in total. The van der Waals surface area contributed by atoms with E-state index in [9.17, 15) is 14.4 Å². The molecular formula is C53H96O6. The first kappa shape index (κ1) is 56.6. The molecule has 344 valence electrons. The lowest BCUT2D eigenvalue weighted by atomic mass is 10.1. The molecular weight excluding hydrogens is 733 g/mol. The van der Waals surface area contributed by atoms with Gasteiger partial charge in [0.05, 0.1) is 0 Å². The Bertz CT molecular complexity index is 1000. The SMILES string of the molecule is CCCCCC/C=C/CCCCCCCC(=O)OC[C@H](COC(=O)CCCCCCC/C=C/CCCCCCC)OC(=O)CCCCCCC/C=C/CCCCCCC. The Labute approximate surface area is 365 Å². The lowest BCUT2D eigenvalue weighted by Gasteiger charge is -2.18. The number of carbonyl (C=O) groups excluding carboxylic acids is 3. The largest absolute Gasteiger partial charge is 0.462 e. The van der Waals surface area contributed by atoms with Crippen molar-refractivity contribution >= 4 is 17.9 Å². The second kappa shape index (κ2) is 48.3. The number of carbonyl (C=O) groups is 3. The lowest BCUT2D eigenvalue weighted by Crippen LogP contribution is -2.30. The monoisotopic (exact) mass is 829 g/mol. The van der Waals surface area contributed by atoms with Gasteiger partial charge in [0.1, 0.15) is 13.2 Å². The van der Waals surface area contributed by atoms with Crippen LogP contribution in [-0.4, -0.2) is 37.2 Å². The molecule has 59 heavy (non-hydrogen) atoms. The number of rotatable bonds is 46. The van der Waals surface area contributed by atoms with Crippen molar-refractivity contribution in [3.8, 4) is 0 Å². The summed E-state index contributed by atoms with van der Waals surface area (Å²) >= 11 is 0. The topological polar surface area (TPSA) is 78.9 Å². The molecule has 6 heteroatoms. The minimum absolute atomic E-state index is 0.0811. The highest BCUT2D eigenvalue weighted by atomic mass is 16.6. The Hall–Kier alpha value is -2.37. The summed E-state index contributed by atoms with van der Waals surface area (Å²) in [6.07, 6.45) is 55.5. The third-order valence-electron chi connectivity index (χ3n) is 11.1. The molecule has 0 bridgehead atoms. The Morgan fingerprint density at radius 3 is 0.864 bits per heavy atom. The molecule has 0 saturated carbocycles. The van der Waals surface area contributed by atoms with Crippen LogP contribution >= 0.6 is 0 Å². The van der Waals surface area contributed by atoms with E-state index in [4.69, 9.17) is 14.2 Å². The van der Waals surface area contributed by atoms with E-state index in [2.05, 4.69) is 57.2 Å². The normalized spacial score (nSPS) is 12.3. The summed E-state index contributed by atoms with van der Waals surface area (Å²) < 4.78 is 16.8. The number of allylic oxidation sites excluding steroid dienone is 6. The summed E-state index contributed by atoms with van der Waals surface area (Å²) in [5.41, 5.74) is 0. The smallest absolute Gasteiger partial charge is 0.306 e. The number of esters is 3. The Morgan fingerprint density at radius 1 is 0.322 bits per heavy atom. The molecule has 0 N–H and O–H groups in total. The zero-order valence-electron chi connectivity index (χ0n) is 39.3. The molecule has 0 rings (SSSR count). The van der Waals surface area contributed by atoms with Gasteiger partial charge in [-0.1, -0.05) is 186 Å². The van der Waals surface area contributed by atoms with Crippen LogP contribution in [-0.2, 0) is 28.6 Å². The van der Waals surface area contributed by atoms with Gasteiger partial charge in [-0.3, -0.25) is 14.4 Å². The first-order chi connectivity index (χ1) is 29.0. The highest BCUT2D eigenvalue weighted by Crippen LogP contribution is 2.14. The van der Waals surface area contributed by atoms with Crippen LogP contribution < -0.4 is 0 Å². The van der Waals surface area contributed by atoms with Gasteiger partial charge in [0.15, 0.2) is 6.10 Å². The summed E-state index contributed by atoms with van der Waals surface area (Å²) in [5.74, 6) is -0.899. The molecule has 0 heterocycles. The molecule has 0 fully saturated rings. The van der Waals surface area contributed by atoms with Crippen LogP contribution in [0.4, 0.5) is 0 Å². The van der Waals surface area contributed by atoms with E-state index in [0.29, 0.717) is 19.3 Å². The zero-order chi connectivity index (χ0) is 43.0. The maximum absolute atomic E-state index is 12.8. The average molecular weight is 829 g/mol. The van der Waals surface area contributed by atoms with E-state index in [1.54, 1.807) is 0 Å². The van der Waals surface area contributed by atoms with Crippen molar-refractivity contribution < 1.29 is 28.6 Å². The minimum atomic E-state index is -0.780. The average Bonchev–Trinajstić information content (AvgIpc) is 3.23. The van der Waals surface area contributed by atoms with Gasteiger partial charge in [-0.25, -0.2) is 0 Å². The second-order valence-electron chi connectivity index (χ2n) is 17.1. The highest BCUT2D eigenvalue weighted by Gasteiger charge is 2.19. The molecule has 0 unspecified atom stereocenters. The van der Waals surface area contributed by atoms with Crippen molar-refractivity contribution in [2.24, 2.45) is 0 Å². The van der Waals surface area contributed by atoms with E-state index in [-0.39, 0.29) is 31.1 Å². The molecule has 0 radical (unpaired) electrons. The van der Waals surface area contributed by atoms with E-state index in [1.807, 2.05) is 0 Å². The summed E-state index contributed by atoms with van der Waals surface area (Å²) in [6, 6.07) is 0. The summed E-state index contributed by atoms with van der Waals surface area (Å²) in [6.45, 7) is 6.59. The van der Waals surface area contributed by atoms with Gasteiger partial charge in [0, 0.05) is 19.3 Å². The van der Waals surface area contributed by atoms with Gasteiger partial charge in [-0.05, 0) is 96.3 Å². The van der Waals surface area contributed by atoms with Crippen molar-refractivity contribution in [1.29, 1.82) is 0 Å². The number of hydrogen-bond acceptors (Lipinski definition) is 6. The molecule has 0 aromatic heterocycles. The summed E-state index contributed by atoms with van der Waals surface area (Å²) in [5, 5.41) is 0. The standard InChI is InChI=1S/C53H96O6/c1-4-7-10-13-16-19-22-25-28-31-34-37-40-43-46-52(55)58-49-50(48-57-51(54)45-42-39-36-33-30-27-24-21-18-15-12-9-6-3)59-53(56)47-44-41-38-35-32-29-26-23-20-17-14-11-8-5-2/h21-26,50H,4-20,27-49H2,1-3H3/b24-21+,25-22+,26-23+/t50-/m1/s1. The molecule has 0 aliphatic rings. The van der Waals surface area contributed by atoms with Crippen LogP contribution in [0.2, 0.25) is 0 Å². The van der Waals surface area contributed by atoms with Crippen molar-refractivity contribution in [1.82, 2.24) is 0 Å². The van der Waals surface area contributed by atoms with Crippen LogP contribution in [0.15, 0.2) is 36.5 Å². The van der Waals surface area contributed by atoms with E-state index in [1.165, 1.54) is 141 Å². The third-order valence-corrected chi connectivity index (χ3v) is 11.1. The maximum Gasteiger partial charge on any atom is 0.306 e. The second-order valence-corrected chi connectivity index (χ2v) is 17.1. The van der Waals surface area contributed by atoms with Crippen molar-refractivity contribution in [3.05, 3.63) is 36.5 Å². The fourth-order valence-electron chi connectivity index (χ4n) is 7.19. The fraction of sp³-hybridized carbons (Fsp3) is 0.830. The molecule has 0 spiro atoms. The Balaban J connectivity index is 4.40. The molecule has 0 saturated heterocycles. The third kappa shape index (κ3) is 46.5. The quantitative estimate of drug-likeness (QED) is 0.0263. The zero-order valence-corrected chi connectivity index (χ0v) is 39.3. The maximum atomic E-state index is 12.8. The van der Waals surface area contributed by atoms with Crippen LogP contribution in [0.25, 0.3) is 0 Å². The molecule has 0 aromatic rings.